The summed E-state index contributed by atoms with van der Waals surface area (Å²) in [5.74, 6) is -1.10. The standard InChI is InChI=1S/C18H26N2O4/c1-3-4-5-6-7-8-10-19-11-9-14-12-15(18(21)22)13(2)16(17(14)19)20(23)24/h12H,3-11H2,1-2H3,(H,21,22). The van der Waals surface area contributed by atoms with E-state index in [0.717, 1.165) is 31.5 Å². The summed E-state index contributed by atoms with van der Waals surface area (Å²) in [5, 5.41) is 20.8. The van der Waals surface area contributed by atoms with Crippen LogP contribution in [0.5, 0.6) is 0 Å². The molecule has 2 rings (SSSR count). The maximum absolute atomic E-state index is 11.5. The Labute approximate surface area is 142 Å². The van der Waals surface area contributed by atoms with Crippen molar-refractivity contribution in [2.75, 3.05) is 18.0 Å². The average Bonchev–Trinajstić information content (AvgIpc) is 2.92. The van der Waals surface area contributed by atoms with E-state index in [1.807, 2.05) is 0 Å². The van der Waals surface area contributed by atoms with Gasteiger partial charge in [0, 0.05) is 18.7 Å². The van der Waals surface area contributed by atoms with Crippen LogP contribution in [-0.2, 0) is 6.42 Å². The Kier molecular flexibility index (Phi) is 6.17. The molecule has 1 heterocycles. The number of carboxylic acids is 1. The van der Waals surface area contributed by atoms with Gasteiger partial charge in [-0.05, 0) is 31.4 Å². The number of unbranched alkanes of at least 4 members (excludes halogenated alkanes) is 5. The minimum atomic E-state index is -1.10. The molecule has 0 radical (unpaired) electrons. The predicted octanol–water partition coefficient (Wildman–Crippen LogP) is 4.32. The minimum absolute atomic E-state index is 0.0339. The van der Waals surface area contributed by atoms with Gasteiger partial charge in [0.05, 0.1) is 10.5 Å². The van der Waals surface area contributed by atoms with E-state index in [1.165, 1.54) is 32.6 Å². The van der Waals surface area contributed by atoms with Crippen LogP contribution in [0.25, 0.3) is 0 Å². The van der Waals surface area contributed by atoms with Gasteiger partial charge < -0.3 is 10.0 Å². The molecule has 132 valence electrons. The van der Waals surface area contributed by atoms with Crippen molar-refractivity contribution in [2.45, 2.75) is 58.8 Å². The number of rotatable bonds is 9. The lowest BCUT2D eigenvalue weighted by atomic mass is 10.00. The van der Waals surface area contributed by atoms with Crippen LogP contribution < -0.4 is 4.90 Å². The van der Waals surface area contributed by atoms with Gasteiger partial charge in [-0.1, -0.05) is 39.0 Å². The fraction of sp³-hybridized carbons (Fsp3) is 0.611. The minimum Gasteiger partial charge on any atom is -0.478 e. The van der Waals surface area contributed by atoms with Crippen molar-refractivity contribution in [3.05, 3.63) is 32.9 Å². The summed E-state index contributed by atoms with van der Waals surface area (Å²) < 4.78 is 0. The Morgan fingerprint density at radius 2 is 1.96 bits per heavy atom. The zero-order valence-corrected chi connectivity index (χ0v) is 14.5. The zero-order chi connectivity index (χ0) is 17.7. The lowest BCUT2D eigenvalue weighted by Crippen LogP contribution is -2.23. The first-order valence-electron chi connectivity index (χ1n) is 8.76. The summed E-state index contributed by atoms with van der Waals surface area (Å²) in [5.41, 5.74) is 1.68. The van der Waals surface area contributed by atoms with Crippen molar-refractivity contribution in [1.82, 2.24) is 0 Å². The average molecular weight is 334 g/mol. The quantitative estimate of drug-likeness (QED) is 0.413. The van der Waals surface area contributed by atoms with Gasteiger partial charge in [-0.3, -0.25) is 10.1 Å². The van der Waals surface area contributed by atoms with E-state index in [0.29, 0.717) is 12.1 Å². The second kappa shape index (κ2) is 8.13. The number of benzene rings is 1. The van der Waals surface area contributed by atoms with E-state index in [2.05, 4.69) is 11.8 Å². The Balaban J connectivity index is 2.15. The van der Waals surface area contributed by atoms with Crippen molar-refractivity contribution in [2.24, 2.45) is 0 Å². The molecule has 0 amide bonds. The van der Waals surface area contributed by atoms with Crippen molar-refractivity contribution in [3.8, 4) is 0 Å². The molecule has 24 heavy (non-hydrogen) atoms. The van der Waals surface area contributed by atoms with E-state index in [4.69, 9.17) is 0 Å². The lowest BCUT2D eigenvalue weighted by molar-refractivity contribution is -0.384. The molecular formula is C18H26N2O4. The normalized spacial score (nSPS) is 13.2. The zero-order valence-electron chi connectivity index (χ0n) is 14.5. The van der Waals surface area contributed by atoms with E-state index < -0.39 is 10.9 Å². The molecule has 6 heteroatoms. The molecule has 0 saturated carbocycles. The molecule has 0 atom stereocenters. The molecule has 0 spiro atoms. The number of nitro groups is 1. The molecule has 0 bridgehead atoms. The monoisotopic (exact) mass is 334 g/mol. The number of carboxylic acid groups (broad SMARTS) is 1. The maximum Gasteiger partial charge on any atom is 0.336 e. The number of aromatic carboxylic acids is 1. The topological polar surface area (TPSA) is 83.7 Å². The number of nitro benzene ring substituents is 1. The van der Waals surface area contributed by atoms with E-state index in [9.17, 15) is 20.0 Å². The molecule has 0 saturated heterocycles. The van der Waals surface area contributed by atoms with E-state index in [-0.39, 0.29) is 16.8 Å². The van der Waals surface area contributed by atoms with Gasteiger partial charge in [0.1, 0.15) is 5.69 Å². The highest BCUT2D eigenvalue weighted by molar-refractivity contribution is 5.93. The molecule has 0 aliphatic carbocycles. The number of hydrogen-bond acceptors (Lipinski definition) is 4. The Hall–Kier alpha value is -2.11. The predicted molar refractivity (Wildman–Crippen MR) is 94.1 cm³/mol. The Morgan fingerprint density at radius 1 is 1.29 bits per heavy atom. The molecule has 1 N–H and O–H groups in total. The van der Waals surface area contributed by atoms with Gasteiger partial charge in [-0.15, -0.1) is 0 Å². The summed E-state index contributed by atoms with van der Waals surface area (Å²) in [7, 11) is 0. The van der Waals surface area contributed by atoms with Gasteiger partial charge in [0.25, 0.3) is 5.69 Å². The van der Waals surface area contributed by atoms with Crippen LogP contribution >= 0.6 is 0 Å². The highest BCUT2D eigenvalue weighted by atomic mass is 16.6. The summed E-state index contributed by atoms with van der Waals surface area (Å²) in [6.07, 6.45) is 7.74. The van der Waals surface area contributed by atoms with Crippen LogP contribution in [0.3, 0.4) is 0 Å². The van der Waals surface area contributed by atoms with Crippen LogP contribution in [0.15, 0.2) is 6.07 Å². The summed E-state index contributed by atoms with van der Waals surface area (Å²) in [6.45, 7) is 5.25. The summed E-state index contributed by atoms with van der Waals surface area (Å²) in [4.78, 5) is 24.5. The first-order valence-corrected chi connectivity index (χ1v) is 8.76. The van der Waals surface area contributed by atoms with Crippen LogP contribution in [0.2, 0.25) is 0 Å². The number of anilines is 1. The molecule has 1 aliphatic heterocycles. The highest BCUT2D eigenvalue weighted by Gasteiger charge is 2.33. The van der Waals surface area contributed by atoms with Gasteiger partial charge in [-0.25, -0.2) is 4.79 Å². The lowest BCUT2D eigenvalue weighted by Gasteiger charge is -2.20. The first-order chi connectivity index (χ1) is 11.5. The second-order valence-corrected chi connectivity index (χ2v) is 6.47. The van der Waals surface area contributed by atoms with Crippen LogP contribution in [0, 0.1) is 17.0 Å². The number of fused-ring (bicyclic) bond motifs is 1. The smallest absolute Gasteiger partial charge is 0.336 e. The molecule has 1 aromatic carbocycles. The van der Waals surface area contributed by atoms with Crippen LogP contribution in [0.1, 0.15) is 66.9 Å². The fourth-order valence-corrected chi connectivity index (χ4v) is 3.47. The van der Waals surface area contributed by atoms with Crippen molar-refractivity contribution in [3.63, 3.8) is 0 Å². The fourth-order valence-electron chi connectivity index (χ4n) is 3.47. The van der Waals surface area contributed by atoms with Crippen molar-refractivity contribution in [1.29, 1.82) is 0 Å². The SMILES string of the molecule is CCCCCCCCN1CCc2cc(C(=O)O)c(C)c([N+](=O)[O-])c21. The van der Waals surface area contributed by atoms with E-state index in [1.54, 1.807) is 6.07 Å². The third-order valence-corrected chi connectivity index (χ3v) is 4.77. The first kappa shape index (κ1) is 18.2. The molecule has 6 nitrogen and oxygen atoms in total. The number of carbonyl (C=O) groups is 1. The summed E-state index contributed by atoms with van der Waals surface area (Å²) >= 11 is 0. The van der Waals surface area contributed by atoms with Gasteiger partial charge >= 0.3 is 5.97 Å². The number of hydrogen-bond donors (Lipinski definition) is 1. The largest absolute Gasteiger partial charge is 0.478 e. The highest BCUT2D eigenvalue weighted by Crippen LogP contribution is 2.41. The van der Waals surface area contributed by atoms with Crippen molar-refractivity contribution >= 4 is 17.3 Å². The van der Waals surface area contributed by atoms with Crippen LogP contribution in [-0.4, -0.2) is 29.1 Å². The third kappa shape index (κ3) is 3.86. The Bertz CT molecular complexity index is 628. The molecule has 0 fully saturated rings. The number of nitrogens with zero attached hydrogens (tertiary/aromatic N) is 2. The molecular weight excluding hydrogens is 308 g/mol. The molecule has 0 unspecified atom stereocenters. The van der Waals surface area contributed by atoms with Crippen LogP contribution in [0.4, 0.5) is 11.4 Å². The molecule has 0 aromatic heterocycles. The summed E-state index contributed by atoms with van der Waals surface area (Å²) in [6, 6.07) is 1.61. The maximum atomic E-state index is 11.5. The van der Waals surface area contributed by atoms with Crippen molar-refractivity contribution < 1.29 is 14.8 Å². The van der Waals surface area contributed by atoms with E-state index >= 15 is 0 Å². The van der Waals surface area contributed by atoms with Gasteiger partial charge in [0.15, 0.2) is 0 Å². The molecule has 1 aromatic rings. The van der Waals surface area contributed by atoms with Gasteiger partial charge in [0.2, 0.25) is 0 Å². The third-order valence-electron chi connectivity index (χ3n) is 4.77. The van der Waals surface area contributed by atoms with Gasteiger partial charge in [-0.2, -0.15) is 0 Å². The molecule has 1 aliphatic rings. The Morgan fingerprint density at radius 3 is 2.58 bits per heavy atom. The second-order valence-electron chi connectivity index (χ2n) is 6.47.